The highest BCUT2D eigenvalue weighted by molar-refractivity contribution is 6.07. The van der Waals surface area contributed by atoms with Gasteiger partial charge in [0.05, 0.1) is 16.7 Å². The minimum Gasteiger partial charge on any atom is -0.357 e. The molecule has 1 aliphatic heterocycles. The molecule has 1 atom stereocenters. The summed E-state index contributed by atoms with van der Waals surface area (Å²) >= 11 is 0. The molecule has 0 saturated heterocycles. The van der Waals surface area contributed by atoms with Crippen LogP contribution in [0.5, 0.6) is 0 Å². The minimum atomic E-state index is -0.493. The molecule has 0 saturated carbocycles. The summed E-state index contributed by atoms with van der Waals surface area (Å²) in [5.41, 5.74) is 21.5. The molecular weight excluding hydrogens is 677 g/mol. The second-order valence-corrected chi connectivity index (χ2v) is 15.8. The average Bonchev–Trinajstić information content (AvgIpc) is 3.71. The van der Waals surface area contributed by atoms with Crippen molar-refractivity contribution in [1.82, 2.24) is 5.32 Å². The zero-order valence-corrected chi connectivity index (χ0v) is 31.8. The van der Waals surface area contributed by atoms with Crippen molar-refractivity contribution < 1.29 is 0 Å². The third-order valence-electron chi connectivity index (χ3n) is 12.7. The molecule has 56 heavy (non-hydrogen) atoms. The number of nitrogens with one attached hydrogen (secondary N) is 1. The molecule has 0 radical (unpaired) electrons. The Labute approximate surface area is 329 Å². The Morgan fingerprint density at radius 3 is 1.79 bits per heavy atom. The van der Waals surface area contributed by atoms with E-state index < -0.39 is 11.0 Å². The molecule has 1 unspecified atom stereocenters. The maximum absolute atomic E-state index is 5.51. The van der Waals surface area contributed by atoms with Gasteiger partial charge in [-0.1, -0.05) is 170 Å². The molecular formula is C54H40N2. The highest BCUT2D eigenvalue weighted by atomic mass is 15.1. The molecule has 1 N–H and O–H groups in total. The van der Waals surface area contributed by atoms with Crippen LogP contribution < -0.4 is 5.32 Å². The van der Waals surface area contributed by atoms with Crippen LogP contribution >= 0.6 is 0 Å². The van der Waals surface area contributed by atoms with Crippen molar-refractivity contribution in [2.24, 2.45) is 4.99 Å². The summed E-state index contributed by atoms with van der Waals surface area (Å²) in [6.07, 6.45) is 6.86. The number of allylic oxidation sites excluding steroid dienone is 2. The summed E-state index contributed by atoms with van der Waals surface area (Å²) in [5, 5.41) is 3.99. The van der Waals surface area contributed by atoms with Gasteiger partial charge in [-0.15, -0.1) is 0 Å². The zero-order chi connectivity index (χ0) is 37.6. The first kappa shape index (κ1) is 32.6. The molecule has 11 rings (SSSR count). The van der Waals surface area contributed by atoms with Crippen molar-refractivity contribution in [2.45, 2.75) is 31.7 Å². The lowest BCUT2D eigenvalue weighted by Gasteiger charge is -2.38. The van der Waals surface area contributed by atoms with Gasteiger partial charge in [0.2, 0.25) is 0 Å². The number of aryl methyl sites for hydroxylation is 1. The van der Waals surface area contributed by atoms with Crippen LogP contribution in [0.1, 0.15) is 57.0 Å². The lowest BCUT2D eigenvalue weighted by atomic mass is 9.70. The van der Waals surface area contributed by atoms with Crippen LogP contribution in [-0.4, -0.2) is 11.4 Å². The van der Waals surface area contributed by atoms with Crippen LogP contribution in [0.3, 0.4) is 0 Å². The van der Waals surface area contributed by atoms with Crippen molar-refractivity contribution in [1.29, 1.82) is 0 Å². The van der Waals surface area contributed by atoms with Crippen LogP contribution in [0.4, 0.5) is 0 Å². The van der Waals surface area contributed by atoms with E-state index in [-0.39, 0.29) is 0 Å². The van der Waals surface area contributed by atoms with Crippen LogP contribution in [0, 0.1) is 13.8 Å². The fourth-order valence-electron chi connectivity index (χ4n) is 10.1. The van der Waals surface area contributed by atoms with Gasteiger partial charge >= 0.3 is 0 Å². The Morgan fingerprint density at radius 2 is 1.09 bits per heavy atom. The van der Waals surface area contributed by atoms with E-state index in [0.29, 0.717) is 0 Å². The van der Waals surface area contributed by atoms with E-state index in [1.165, 1.54) is 77.9 Å². The predicted molar refractivity (Wildman–Crippen MR) is 233 cm³/mol. The van der Waals surface area contributed by atoms with Crippen LogP contribution in [0.15, 0.2) is 193 Å². The normalized spacial score (nSPS) is 18.0. The molecule has 266 valence electrons. The topological polar surface area (TPSA) is 24.4 Å². The highest BCUT2D eigenvalue weighted by Gasteiger charge is 2.52. The molecule has 2 heteroatoms. The molecule has 3 aliphatic carbocycles. The summed E-state index contributed by atoms with van der Waals surface area (Å²) in [6, 6.07) is 60.1. The summed E-state index contributed by atoms with van der Waals surface area (Å²) in [4.78, 5) is 5.51. The maximum atomic E-state index is 5.51. The lowest BCUT2D eigenvalue weighted by Crippen LogP contribution is -2.49. The van der Waals surface area contributed by atoms with E-state index in [4.69, 9.17) is 4.99 Å². The van der Waals surface area contributed by atoms with E-state index in [2.05, 4.69) is 208 Å². The lowest BCUT2D eigenvalue weighted by molar-refractivity contribution is 0.611. The fraction of sp³-hybridized carbons (Fsp3) is 0.0926. The van der Waals surface area contributed by atoms with Gasteiger partial charge in [0.1, 0.15) is 5.84 Å². The summed E-state index contributed by atoms with van der Waals surface area (Å²) in [5.74, 6) is 0.875. The maximum Gasteiger partial charge on any atom is 0.134 e. The third kappa shape index (κ3) is 4.53. The van der Waals surface area contributed by atoms with E-state index in [0.717, 1.165) is 28.2 Å². The second-order valence-electron chi connectivity index (χ2n) is 15.8. The minimum absolute atomic E-state index is 0.473. The van der Waals surface area contributed by atoms with Gasteiger partial charge in [-0.05, 0) is 111 Å². The number of hydrogen-bond acceptors (Lipinski definition) is 2. The number of benzene rings is 7. The number of fused-ring (bicyclic) bond motifs is 11. The van der Waals surface area contributed by atoms with Crippen molar-refractivity contribution >= 4 is 17.1 Å². The first-order valence-electron chi connectivity index (χ1n) is 19.6. The molecule has 0 fully saturated rings. The summed E-state index contributed by atoms with van der Waals surface area (Å²) in [6.45, 7) is 6.83. The Morgan fingerprint density at radius 1 is 0.482 bits per heavy atom. The third-order valence-corrected chi connectivity index (χ3v) is 12.7. The van der Waals surface area contributed by atoms with Gasteiger partial charge < -0.3 is 5.32 Å². The number of hydrogen-bond donors (Lipinski definition) is 1. The zero-order valence-electron chi connectivity index (χ0n) is 31.8. The average molecular weight is 717 g/mol. The Balaban J connectivity index is 1.16. The monoisotopic (exact) mass is 716 g/mol. The Hall–Kier alpha value is -6.77. The highest BCUT2D eigenvalue weighted by Crippen LogP contribution is 2.64. The molecule has 1 heterocycles. The van der Waals surface area contributed by atoms with Gasteiger partial charge in [0.25, 0.3) is 0 Å². The van der Waals surface area contributed by atoms with E-state index in [1.54, 1.807) is 0 Å². The first-order valence-corrected chi connectivity index (χ1v) is 19.6. The molecule has 0 aromatic heterocycles. The van der Waals surface area contributed by atoms with Gasteiger partial charge in [-0.3, -0.25) is 0 Å². The number of aliphatic imine (C=N–C) groups is 1. The van der Waals surface area contributed by atoms with E-state index in [9.17, 15) is 0 Å². The number of rotatable bonds is 4. The van der Waals surface area contributed by atoms with E-state index >= 15 is 0 Å². The summed E-state index contributed by atoms with van der Waals surface area (Å²) in [7, 11) is 0. The Kier molecular flexibility index (Phi) is 7.06. The van der Waals surface area contributed by atoms with Crippen LogP contribution in [0.25, 0.3) is 44.7 Å². The standard InChI is InChI=1S/C54H40N2/c1-34-16-10-11-21-40(34)41-29-31-47-50(35(41)2)44-28-26-38(32-49(44)54(47)45-24-14-12-22-42(45)43-23-13-15-25-46(43)54)52-55-51(37-19-8-5-9-20-37)48-30-27-39(33-53(48,3)56-52)36-17-6-4-7-18-36/h4-33H,1-3H3,(H,55,56). The van der Waals surface area contributed by atoms with Gasteiger partial charge in [-0.25, -0.2) is 4.99 Å². The van der Waals surface area contributed by atoms with Crippen molar-refractivity contribution in [3.63, 3.8) is 0 Å². The molecule has 7 aromatic carbocycles. The van der Waals surface area contributed by atoms with Gasteiger partial charge in [-0.2, -0.15) is 0 Å². The van der Waals surface area contributed by atoms with Crippen molar-refractivity contribution in [2.75, 3.05) is 0 Å². The van der Waals surface area contributed by atoms with Crippen LogP contribution in [-0.2, 0) is 5.41 Å². The fourth-order valence-corrected chi connectivity index (χ4v) is 10.1. The molecule has 0 bridgehead atoms. The molecule has 2 nitrogen and oxygen atoms in total. The predicted octanol–water partition coefficient (Wildman–Crippen LogP) is 12.5. The SMILES string of the molecule is Cc1ccccc1-c1ccc2c(c1C)-c1ccc(C3=NC(c4ccccc4)=C4C=CC(c5ccccc5)=CC4(C)N3)cc1C21c2ccccc2-c2ccccc21. The second kappa shape index (κ2) is 12.1. The van der Waals surface area contributed by atoms with Crippen molar-refractivity contribution in [3.05, 3.63) is 238 Å². The Bertz CT molecular complexity index is 2860. The number of nitrogens with zero attached hydrogens (tertiary/aromatic N) is 1. The van der Waals surface area contributed by atoms with Crippen molar-refractivity contribution in [3.8, 4) is 33.4 Å². The van der Waals surface area contributed by atoms with Gasteiger partial charge in [0, 0.05) is 16.7 Å². The van der Waals surface area contributed by atoms with Gasteiger partial charge in [0.15, 0.2) is 0 Å². The smallest absolute Gasteiger partial charge is 0.134 e. The van der Waals surface area contributed by atoms with Crippen LogP contribution in [0.2, 0.25) is 0 Å². The quantitative estimate of drug-likeness (QED) is 0.193. The molecule has 4 aliphatic rings. The van der Waals surface area contributed by atoms with E-state index in [1.807, 2.05) is 0 Å². The molecule has 7 aromatic rings. The number of amidine groups is 1. The summed E-state index contributed by atoms with van der Waals surface area (Å²) < 4.78 is 0. The molecule has 0 amide bonds. The molecule has 1 spiro atoms. The largest absolute Gasteiger partial charge is 0.357 e. The first-order chi connectivity index (χ1) is 27.5.